The van der Waals surface area contributed by atoms with Crippen LogP contribution in [0.1, 0.15) is 31.4 Å². The third-order valence-electron chi connectivity index (χ3n) is 4.55. The molecular weight excluding hydrogens is 333 g/mol. The third-order valence-corrected chi connectivity index (χ3v) is 4.55. The minimum absolute atomic E-state index is 0. The normalized spacial score (nSPS) is 20.2. The smallest absolute Gasteiger partial charge is 0.227 e. The molecule has 6 heteroatoms. The summed E-state index contributed by atoms with van der Waals surface area (Å²) in [4.78, 5) is 16.9. The second-order valence-corrected chi connectivity index (χ2v) is 6.27. The number of piperidine rings is 1. The van der Waals surface area contributed by atoms with Gasteiger partial charge in [-0.25, -0.2) is 0 Å². The van der Waals surface area contributed by atoms with E-state index in [9.17, 15) is 4.79 Å². The molecule has 0 spiro atoms. The number of hydrogen-bond donors (Lipinski definition) is 1. The average Bonchev–Trinajstić information content (AvgIpc) is 2.53. The average molecular weight is 362 g/mol. The molecule has 0 radical (unpaired) electrons. The lowest BCUT2D eigenvalue weighted by Crippen LogP contribution is -2.50. The van der Waals surface area contributed by atoms with Crippen molar-refractivity contribution in [2.75, 3.05) is 27.2 Å². The number of nitrogens with two attached hydrogens (primary N) is 1. The van der Waals surface area contributed by atoms with Gasteiger partial charge in [-0.3, -0.25) is 4.79 Å². The van der Waals surface area contributed by atoms with Crippen LogP contribution in [0.3, 0.4) is 0 Å². The van der Waals surface area contributed by atoms with E-state index >= 15 is 0 Å². The quantitative estimate of drug-likeness (QED) is 0.896. The Kier molecular flexibility index (Phi) is 9.78. The van der Waals surface area contributed by atoms with Crippen molar-refractivity contribution >= 4 is 30.7 Å². The van der Waals surface area contributed by atoms with Gasteiger partial charge in [0.2, 0.25) is 5.91 Å². The Morgan fingerprint density at radius 2 is 1.87 bits per heavy atom. The minimum Gasteiger partial charge on any atom is -0.341 e. The molecule has 23 heavy (non-hydrogen) atoms. The molecule has 3 atom stereocenters. The number of nitrogens with zero attached hydrogens (tertiary/aromatic N) is 2. The first-order valence-corrected chi connectivity index (χ1v) is 7.76. The molecule has 2 rings (SSSR count). The fraction of sp³-hybridized carbons (Fsp3) is 0.588. The minimum atomic E-state index is -0.238. The van der Waals surface area contributed by atoms with E-state index in [1.807, 2.05) is 42.2 Å². The lowest BCUT2D eigenvalue weighted by atomic mass is 9.93. The Balaban J connectivity index is 0.00000242. The van der Waals surface area contributed by atoms with Crippen LogP contribution in [0.4, 0.5) is 0 Å². The van der Waals surface area contributed by atoms with Gasteiger partial charge in [-0.2, -0.15) is 0 Å². The number of hydrogen-bond acceptors (Lipinski definition) is 3. The van der Waals surface area contributed by atoms with Crippen LogP contribution < -0.4 is 5.73 Å². The maximum absolute atomic E-state index is 12.7. The molecule has 4 nitrogen and oxygen atoms in total. The Bertz CT molecular complexity index is 470. The van der Waals surface area contributed by atoms with Crippen LogP contribution in [0.15, 0.2) is 30.3 Å². The zero-order valence-electron chi connectivity index (χ0n) is 14.1. The summed E-state index contributed by atoms with van der Waals surface area (Å²) in [5.74, 6) is -0.00813. The monoisotopic (exact) mass is 361 g/mol. The summed E-state index contributed by atoms with van der Waals surface area (Å²) >= 11 is 0. The zero-order chi connectivity index (χ0) is 15.4. The standard InChI is InChI=1S/C17H27N3O.2ClH/c1-13(16(18)14-8-5-4-6-9-14)17(21)20-11-7-10-15(12-20)19(2)3;;/h4-6,8-9,13,15-16H,7,10-12,18H2,1-3H3;2*1H. The predicted octanol–water partition coefficient (Wildman–Crippen LogP) is 2.72. The number of likely N-dealkylation sites (tertiary alicyclic amines) is 1. The van der Waals surface area contributed by atoms with Gasteiger partial charge in [0.05, 0.1) is 5.92 Å². The van der Waals surface area contributed by atoms with Gasteiger partial charge in [0.1, 0.15) is 0 Å². The highest BCUT2D eigenvalue weighted by Crippen LogP contribution is 2.23. The van der Waals surface area contributed by atoms with E-state index in [2.05, 4.69) is 19.0 Å². The summed E-state index contributed by atoms with van der Waals surface area (Å²) in [6.45, 7) is 3.62. The number of rotatable bonds is 4. The Labute approximate surface area is 152 Å². The van der Waals surface area contributed by atoms with Crippen molar-refractivity contribution in [2.24, 2.45) is 11.7 Å². The molecule has 0 aliphatic carbocycles. The molecule has 1 aliphatic rings. The summed E-state index contributed by atoms with van der Waals surface area (Å²) < 4.78 is 0. The second-order valence-electron chi connectivity index (χ2n) is 6.27. The maximum atomic E-state index is 12.7. The van der Waals surface area contributed by atoms with Crippen LogP contribution in [-0.4, -0.2) is 48.9 Å². The summed E-state index contributed by atoms with van der Waals surface area (Å²) in [6.07, 6.45) is 2.23. The fourth-order valence-corrected chi connectivity index (χ4v) is 2.98. The molecule has 1 aliphatic heterocycles. The molecule has 1 amide bonds. The topological polar surface area (TPSA) is 49.6 Å². The number of carbonyl (C=O) groups is 1. The van der Waals surface area contributed by atoms with E-state index in [1.165, 1.54) is 0 Å². The molecular formula is C17H29Cl2N3O. The van der Waals surface area contributed by atoms with E-state index in [4.69, 9.17) is 5.73 Å². The van der Waals surface area contributed by atoms with Crippen molar-refractivity contribution in [3.05, 3.63) is 35.9 Å². The second kappa shape index (κ2) is 10.1. The highest BCUT2D eigenvalue weighted by atomic mass is 35.5. The van der Waals surface area contributed by atoms with Crippen LogP contribution in [-0.2, 0) is 4.79 Å². The predicted molar refractivity (Wildman–Crippen MR) is 100 cm³/mol. The summed E-state index contributed by atoms with van der Waals surface area (Å²) in [5, 5.41) is 0. The first-order chi connectivity index (χ1) is 10.0. The van der Waals surface area contributed by atoms with Crippen LogP contribution in [0.2, 0.25) is 0 Å². The Morgan fingerprint density at radius 3 is 2.43 bits per heavy atom. The molecule has 0 saturated carbocycles. The Hall–Kier alpha value is -0.810. The van der Waals surface area contributed by atoms with Gasteiger partial charge in [-0.05, 0) is 32.5 Å². The van der Waals surface area contributed by atoms with E-state index in [0.717, 1.165) is 31.5 Å². The molecule has 0 aromatic heterocycles. The maximum Gasteiger partial charge on any atom is 0.227 e. The van der Waals surface area contributed by atoms with Crippen LogP contribution in [0.25, 0.3) is 0 Å². The van der Waals surface area contributed by atoms with E-state index in [0.29, 0.717) is 6.04 Å². The van der Waals surface area contributed by atoms with Gasteiger partial charge in [-0.1, -0.05) is 37.3 Å². The van der Waals surface area contributed by atoms with Crippen LogP contribution >= 0.6 is 24.8 Å². The van der Waals surface area contributed by atoms with E-state index < -0.39 is 0 Å². The number of amides is 1. The van der Waals surface area contributed by atoms with Gasteiger partial charge >= 0.3 is 0 Å². The molecule has 3 unspecified atom stereocenters. The Morgan fingerprint density at radius 1 is 1.26 bits per heavy atom. The molecule has 1 aromatic rings. The summed E-state index contributed by atoms with van der Waals surface area (Å²) in [7, 11) is 4.16. The summed E-state index contributed by atoms with van der Waals surface area (Å²) in [5.41, 5.74) is 7.31. The molecule has 1 fully saturated rings. The molecule has 1 aromatic carbocycles. The fourth-order valence-electron chi connectivity index (χ4n) is 2.98. The highest BCUT2D eigenvalue weighted by Gasteiger charge is 2.30. The van der Waals surface area contributed by atoms with Crippen molar-refractivity contribution in [2.45, 2.75) is 31.8 Å². The van der Waals surface area contributed by atoms with Crippen molar-refractivity contribution < 1.29 is 4.79 Å². The number of benzene rings is 1. The van der Waals surface area contributed by atoms with Crippen molar-refractivity contribution in [3.63, 3.8) is 0 Å². The van der Waals surface area contributed by atoms with Gasteiger partial charge in [0.25, 0.3) is 0 Å². The van der Waals surface area contributed by atoms with Gasteiger partial charge in [0.15, 0.2) is 0 Å². The summed E-state index contributed by atoms with van der Waals surface area (Å²) in [6, 6.07) is 10.1. The first kappa shape index (κ1) is 22.2. The first-order valence-electron chi connectivity index (χ1n) is 7.76. The van der Waals surface area contributed by atoms with E-state index in [-0.39, 0.29) is 42.7 Å². The highest BCUT2D eigenvalue weighted by molar-refractivity contribution is 5.85. The van der Waals surface area contributed by atoms with E-state index in [1.54, 1.807) is 0 Å². The lowest BCUT2D eigenvalue weighted by Gasteiger charge is -2.38. The molecule has 0 bridgehead atoms. The van der Waals surface area contributed by atoms with Gasteiger partial charge < -0.3 is 15.5 Å². The zero-order valence-corrected chi connectivity index (χ0v) is 15.8. The third kappa shape index (κ3) is 5.64. The SMILES string of the molecule is CC(C(=O)N1CCCC(N(C)C)C1)C(N)c1ccccc1.Cl.Cl. The van der Waals surface area contributed by atoms with Crippen molar-refractivity contribution in [3.8, 4) is 0 Å². The van der Waals surface area contributed by atoms with Crippen molar-refractivity contribution in [1.82, 2.24) is 9.80 Å². The largest absolute Gasteiger partial charge is 0.341 e. The van der Waals surface area contributed by atoms with Crippen molar-refractivity contribution in [1.29, 1.82) is 0 Å². The van der Waals surface area contributed by atoms with Gasteiger partial charge in [-0.15, -0.1) is 24.8 Å². The lowest BCUT2D eigenvalue weighted by molar-refractivity contribution is -0.137. The van der Waals surface area contributed by atoms with Crippen LogP contribution in [0.5, 0.6) is 0 Å². The van der Waals surface area contributed by atoms with Gasteiger partial charge in [0, 0.05) is 25.2 Å². The molecule has 1 saturated heterocycles. The van der Waals surface area contributed by atoms with Crippen LogP contribution in [0, 0.1) is 5.92 Å². The molecule has 132 valence electrons. The molecule has 2 N–H and O–H groups in total. The number of carbonyl (C=O) groups excluding carboxylic acids is 1. The molecule has 1 heterocycles. The number of likely N-dealkylation sites (N-methyl/N-ethyl adjacent to an activating group) is 1. The number of halogens is 2.